The number of ether oxygens (including phenoxy) is 1. The molecule has 3 aromatic heterocycles. The van der Waals surface area contributed by atoms with E-state index < -0.39 is 0 Å². The normalized spacial score (nSPS) is 15.5. The molecule has 0 saturated carbocycles. The highest BCUT2D eigenvalue weighted by Crippen LogP contribution is 2.27. The van der Waals surface area contributed by atoms with Crippen LogP contribution in [0.2, 0.25) is 0 Å². The molecule has 0 aliphatic carbocycles. The topological polar surface area (TPSA) is 64.0 Å². The van der Waals surface area contributed by atoms with Gasteiger partial charge in [-0.05, 0) is 37.8 Å². The van der Waals surface area contributed by atoms with E-state index in [0.29, 0.717) is 5.92 Å². The van der Waals surface area contributed by atoms with E-state index in [4.69, 9.17) is 4.74 Å². The first-order valence-corrected chi connectivity index (χ1v) is 8.66. The van der Waals surface area contributed by atoms with E-state index in [1.807, 2.05) is 31.2 Å². The van der Waals surface area contributed by atoms with E-state index in [1.165, 1.54) is 0 Å². The number of hydrogen-bond donors (Lipinski definition) is 0. The largest absolute Gasteiger partial charge is 0.477 e. The van der Waals surface area contributed by atoms with Gasteiger partial charge in [0.1, 0.15) is 12.1 Å². The summed E-state index contributed by atoms with van der Waals surface area (Å²) in [6.07, 6.45) is 7.38. The van der Waals surface area contributed by atoms with Gasteiger partial charge in [-0.25, -0.2) is 15.0 Å². The zero-order chi connectivity index (χ0) is 17.1. The average Bonchev–Trinajstić information content (AvgIpc) is 2.66. The van der Waals surface area contributed by atoms with Crippen molar-refractivity contribution in [2.24, 2.45) is 5.92 Å². The third kappa shape index (κ3) is 3.52. The molecule has 0 unspecified atom stereocenters. The monoisotopic (exact) mass is 335 g/mol. The second kappa shape index (κ2) is 7.01. The van der Waals surface area contributed by atoms with E-state index in [2.05, 4.69) is 24.8 Å². The van der Waals surface area contributed by atoms with Crippen molar-refractivity contribution >= 4 is 16.7 Å². The van der Waals surface area contributed by atoms with Crippen molar-refractivity contribution in [2.75, 3.05) is 24.6 Å². The first-order chi connectivity index (χ1) is 12.3. The first kappa shape index (κ1) is 15.7. The summed E-state index contributed by atoms with van der Waals surface area (Å²) in [5, 5.41) is 1.07. The summed E-state index contributed by atoms with van der Waals surface area (Å²) in [5.74, 6) is 2.28. The SMILES string of the molecule is Cc1cccc(OCC2CCN(c3ncnc4cnccc34)CC2)n1. The zero-order valence-corrected chi connectivity index (χ0v) is 14.3. The molecule has 6 nitrogen and oxygen atoms in total. The fraction of sp³-hybridized carbons (Fsp3) is 0.368. The Bertz CT molecular complexity index is 856. The molecule has 3 aromatic rings. The second-order valence-electron chi connectivity index (χ2n) is 6.45. The minimum atomic E-state index is 0.549. The number of hydrogen-bond acceptors (Lipinski definition) is 6. The molecule has 4 rings (SSSR count). The van der Waals surface area contributed by atoms with Crippen LogP contribution in [0.15, 0.2) is 43.0 Å². The van der Waals surface area contributed by atoms with Gasteiger partial charge in [0.2, 0.25) is 5.88 Å². The van der Waals surface area contributed by atoms with Gasteiger partial charge in [-0.1, -0.05) is 6.07 Å². The van der Waals surface area contributed by atoms with Crippen molar-refractivity contribution in [1.82, 2.24) is 19.9 Å². The van der Waals surface area contributed by atoms with Crippen LogP contribution in [-0.2, 0) is 0 Å². The number of aromatic nitrogens is 4. The summed E-state index contributed by atoms with van der Waals surface area (Å²) in [6.45, 7) is 4.65. The van der Waals surface area contributed by atoms with Gasteiger partial charge in [0, 0.05) is 36.4 Å². The van der Waals surface area contributed by atoms with Crippen LogP contribution in [-0.4, -0.2) is 39.6 Å². The van der Waals surface area contributed by atoms with E-state index in [-0.39, 0.29) is 0 Å². The lowest BCUT2D eigenvalue weighted by Crippen LogP contribution is -2.36. The van der Waals surface area contributed by atoms with Gasteiger partial charge in [0.25, 0.3) is 0 Å². The fourth-order valence-corrected chi connectivity index (χ4v) is 3.26. The number of fused-ring (bicyclic) bond motifs is 1. The molecule has 0 spiro atoms. The van der Waals surface area contributed by atoms with E-state index in [1.54, 1.807) is 18.7 Å². The smallest absolute Gasteiger partial charge is 0.213 e. The molecule has 1 aliphatic heterocycles. The Morgan fingerprint density at radius 2 is 2.04 bits per heavy atom. The zero-order valence-electron chi connectivity index (χ0n) is 14.3. The van der Waals surface area contributed by atoms with Crippen LogP contribution in [0.1, 0.15) is 18.5 Å². The summed E-state index contributed by atoms with van der Waals surface area (Å²) in [6, 6.07) is 7.87. The number of pyridine rings is 2. The van der Waals surface area contributed by atoms with Crippen molar-refractivity contribution < 1.29 is 4.74 Å². The van der Waals surface area contributed by atoms with Crippen LogP contribution >= 0.6 is 0 Å². The highest BCUT2D eigenvalue weighted by molar-refractivity contribution is 5.88. The molecule has 1 saturated heterocycles. The number of piperidine rings is 1. The van der Waals surface area contributed by atoms with Crippen molar-refractivity contribution in [3.8, 4) is 5.88 Å². The number of anilines is 1. The van der Waals surface area contributed by atoms with Gasteiger partial charge in [-0.2, -0.15) is 0 Å². The number of nitrogens with zero attached hydrogens (tertiary/aromatic N) is 5. The van der Waals surface area contributed by atoms with Gasteiger partial charge in [0.15, 0.2) is 0 Å². The molecule has 0 bridgehead atoms. The molecule has 6 heteroatoms. The van der Waals surface area contributed by atoms with Crippen molar-refractivity contribution in [2.45, 2.75) is 19.8 Å². The summed E-state index contributed by atoms with van der Waals surface area (Å²) >= 11 is 0. The summed E-state index contributed by atoms with van der Waals surface area (Å²) in [7, 11) is 0. The molecule has 0 N–H and O–H groups in total. The highest BCUT2D eigenvalue weighted by Gasteiger charge is 2.22. The Hall–Kier alpha value is -2.76. The van der Waals surface area contributed by atoms with E-state index in [9.17, 15) is 0 Å². The Labute approximate surface area is 146 Å². The minimum Gasteiger partial charge on any atom is -0.477 e. The molecule has 25 heavy (non-hydrogen) atoms. The second-order valence-corrected chi connectivity index (χ2v) is 6.45. The standard InChI is InChI=1S/C19H21N5O/c1-14-3-2-4-18(23-14)25-12-15-6-9-24(10-7-15)19-16-5-8-20-11-17(16)21-13-22-19/h2-5,8,11,13,15H,6-7,9-10,12H2,1H3. The van der Waals surface area contributed by atoms with Crippen LogP contribution in [0.25, 0.3) is 10.9 Å². The predicted molar refractivity (Wildman–Crippen MR) is 96.7 cm³/mol. The van der Waals surface area contributed by atoms with Gasteiger partial charge in [-0.15, -0.1) is 0 Å². The van der Waals surface area contributed by atoms with Crippen LogP contribution in [0, 0.1) is 12.8 Å². The lowest BCUT2D eigenvalue weighted by Gasteiger charge is -2.33. The third-order valence-electron chi connectivity index (χ3n) is 4.66. The summed E-state index contributed by atoms with van der Waals surface area (Å²) < 4.78 is 5.87. The third-order valence-corrected chi connectivity index (χ3v) is 4.66. The van der Waals surface area contributed by atoms with Gasteiger partial charge in [-0.3, -0.25) is 4.98 Å². The van der Waals surface area contributed by atoms with Gasteiger partial charge < -0.3 is 9.64 Å². The van der Waals surface area contributed by atoms with E-state index >= 15 is 0 Å². The van der Waals surface area contributed by atoms with Gasteiger partial charge in [0.05, 0.1) is 18.3 Å². The van der Waals surface area contributed by atoms with Crippen LogP contribution in [0.4, 0.5) is 5.82 Å². The van der Waals surface area contributed by atoms with Crippen molar-refractivity contribution in [3.63, 3.8) is 0 Å². The molecule has 0 radical (unpaired) electrons. The average molecular weight is 335 g/mol. The Morgan fingerprint density at radius 3 is 2.88 bits per heavy atom. The highest BCUT2D eigenvalue weighted by atomic mass is 16.5. The molecular formula is C19H21N5O. The predicted octanol–water partition coefficient (Wildman–Crippen LogP) is 3.02. The molecule has 0 aromatic carbocycles. The maximum absolute atomic E-state index is 5.87. The van der Waals surface area contributed by atoms with Crippen molar-refractivity contribution in [1.29, 1.82) is 0 Å². The van der Waals surface area contributed by atoms with Crippen molar-refractivity contribution in [3.05, 3.63) is 48.7 Å². The fourth-order valence-electron chi connectivity index (χ4n) is 3.26. The molecule has 128 valence electrons. The van der Waals surface area contributed by atoms with Crippen LogP contribution in [0.5, 0.6) is 5.88 Å². The summed E-state index contributed by atoms with van der Waals surface area (Å²) in [5.41, 5.74) is 1.88. The molecule has 4 heterocycles. The molecule has 0 atom stereocenters. The van der Waals surface area contributed by atoms with E-state index in [0.717, 1.165) is 60.8 Å². The molecule has 1 aliphatic rings. The van der Waals surface area contributed by atoms with Crippen LogP contribution < -0.4 is 9.64 Å². The maximum Gasteiger partial charge on any atom is 0.213 e. The molecule has 1 fully saturated rings. The minimum absolute atomic E-state index is 0.549. The quantitative estimate of drug-likeness (QED) is 0.730. The molecule has 0 amide bonds. The lowest BCUT2D eigenvalue weighted by atomic mass is 9.97. The van der Waals surface area contributed by atoms with Crippen LogP contribution in [0.3, 0.4) is 0 Å². The first-order valence-electron chi connectivity index (χ1n) is 8.66. The number of rotatable bonds is 4. The Balaban J connectivity index is 1.38. The summed E-state index contributed by atoms with van der Waals surface area (Å²) in [4.78, 5) is 19.7. The maximum atomic E-state index is 5.87. The lowest BCUT2D eigenvalue weighted by molar-refractivity contribution is 0.215. The number of aryl methyl sites for hydroxylation is 1. The van der Waals surface area contributed by atoms with Gasteiger partial charge >= 0.3 is 0 Å². The molecular weight excluding hydrogens is 314 g/mol. The Kier molecular flexibility index (Phi) is 4.41. The Morgan fingerprint density at radius 1 is 1.16 bits per heavy atom.